The van der Waals surface area contributed by atoms with Gasteiger partial charge in [-0.3, -0.25) is 10.1 Å². The van der Waals surface area contributed by atoms with Crippen LogP contribution in [-0.4, -0.2) is 23.3 Å². The third-order valence-electron chi connectivity index (χ3n) is 5.05. The van der Waals surface area contributed by atoms with Gasteiger partial charge in [-0.1, -0.05) is 43.2 Å². The Bertz CT molecular complexity index is 1010. The van der Waals surface area contributed by atoms with Crippen LogP contribution in [-0.2, 0) is 15.6 Å². The molecule has 1 saturated carbocycles. The number of methoxy groups -OCH3 is 1. The van der Waals surface area contributed by atoms with Gasteiger partial charge in [0.25, 0.3) is 0 Å². The highest BCUT2D eigenvalue weighted by molar-refractivity contribution is 6.00. The maximum atomic E-state index is 12.9. The number of carbonyl (C=O) groups excluding carboxylic acids is 1. The van der Waals surface area contributed by atoms with Crippen molar-refractivity contribution in [1.29, 1.82) is 0 Å². The molecule has 1 aromatic carbocycles. The summed E-state index contributed by atoms with van der Waals surface area (Å²) in [7, 11) is 1.61. The van der Waals surface area contributed by atoms with Gasteiger partial charge < -0.3 is 13.8 Å². The van der Waals surface area contributed by atoms with E-state index in [1.165, 1.54) is 0 Å². The SMILES string of the molecule is COc1cccc(-c2cc(C3(C(=O)Nc4cc(C(C)(C)C)no4)CC3)no2)c1. The number of anilines is 1. The minimum Gasteiger partial charge on any atom is -0.497 e. The monoisotopic (exact) mass is 381 g/mol. The van der Waals surface area contributed by atoms with Gasteiger partial charge in [0.05, 0.1) is 23.9 Å². The minimum absolute atomic E-state index is 0.151. The fourth-order valence-corrected chi connectivity index (χ4v) is 3.06. The van der Waals surface area contributed by atoms with Crippen LogP contribution in [0.1, 0.15) is 45.0 Å². The van der Waals surface area contributed by atoms with Crippen molar-refractivity contribution in [1.82, 2.24) is 10.3 Å². The zero-order chi connectivity index (χ0) is 19.9. The normalized spacial score (nSPS) is 15.3. The Morgan fingerprint density at radius 1 is 1.14 bits per heavy atom. The van der Waals surface area contributed by atoms with Crippen LogP contribution in [0.4, 0.5) is 5.88 Å². The summed E-state index contributed by atoms with van der Waals surface area (Å²) in [6.07, 6.45) is 1.42. The van der Waals surface area contributed by atoms with Gasteiger partial charge in [0.1, 0.15) is 5.75 Å². The number of hydrogen-bond acceptors (Lipinski definition) is 6. The van der Waals surface area contributed by atoms with Crippen LogP contribution < -0.4 is 10.1 Å². The van der Waals surface area contributed by atoms with Gasteiger partial charge in [-0.05, 0) is 25.0 Å². The van der Waals surface area contributed by atoms with Crippen molar-refractivity contribution >= 4 is 11.8 Å². The van der Waals surface area contributed by atoms with Crippen molar-refractivity contribution in [3.63, 3.8) is 0 Å². The Labute approximate surface area is 163 Å². The molecule has 1 aliphatic rings. The highest BCUT2D eigenvalue weighted by atomic mass is 16.5. The number of amides is 1. The van der Waals surface area contributed by atoms with Crippen LogP contribution in [0.3, 0.4) is 0 Å². The summed E-state index contributed by atoms with van der Waals surface area (Å²) in [5.41, 5.74) is 1.42. The highest BCUT2D eigenvalue weighted by Crippen LogP contribution is 2.49. The quantitative estimate of drug-likeness (QED) is 0.708. The molecule has 1 aliphatic carbocycles. The Morgan fingerprint density at radius 2 is 1.93 bits per heavy atom. The van der Waals surface area contributed by atoms with E-state index in [0.29, 0.717) is 30.2 Å². The van der Waals surface area contributed by atoms with E-state index < -0.39 is 5.41 Å². The zero-order valence-electron chi connectivity index (χ0n) is 16.4. The van der Waals surface area contributed by atoms with E-state index in [-0.39, 0.29) is 11.3 Å². The van der Waals surface area contributed by atoms with E-state index in [1.54, 1.807) is 13.2 Å². The first-order valence-corrected chi connectivity index (χ1v) is 9.22. The van der Waals surface area contributed by atoms with Crippen LogP contribution in [0.5, 0.6) is 5.75 Å². The zero-order valence-corrected chi connectivity index (χ0v) is 16.4. The standard InChI is InChI=1S/C21H23N3O4/c1-20(2,3)16-12-18(28-23-16)22-19(25)21(8-9-21)17-11-15(27-24-17)13-6-5-7-14(10-13)26-4/h5-7,10-12H,8-9H2,1-4H3,(H,22,25). The van der Waals surface area contributed by atoms with Crippen molar-refractivity contribution in [2.45, 2.75) is 44.4 Å². The molecule has 1 fully saturated rings. The second-order valence-electron chi connectivity index (χ2n) is 8.17. The summed E-state index contributed by atoms with van der Waals surface area (Å²) in [6, 6.07) is 11.1. The van der Waals surface area contributed by atoms with Gasteiger partial charge in [0, 0.05) is 23.1 Å². The molecular formula is C21H23N3O4. The fraction of sp³-hybridized carbons (Fsp3) is 0.381. The molecule has 3 aromatic rings. The molecule has 0 unspecified atom stereocenters. The molecule has 0 spiro atoms. The third kappa shape index (κ3) is 3.28. The first-order chi connectivity index (χ1) is 13.3. The molecule has 0 atom stereocenters. The number of nitrogens with zero attached hydrogens (tertiary/aromatic N) is 2. The van der Waals surface area contributed by atoms with E-state index in [4.69, 9.17) is 13.8 Å². The van der Waals surface area contributed by atoms with Gasteiger partial charge >= 0.3 is 0 Å². The predicted octanol–water partition coefficient (Wildman–Crippen LogP) is 4.31. The van der Waals surface area contributed by atoms with Crippen LogP contribution in [0.25, 0.3) is 11.3 Å². The number of hydrogen-bond donors (Lipinski definition) is 1. The smallest absolute Gasteiger partial charge is 0.239 e. The Hall–Kier alpha value is -3.09. The lowest BCUT2D eigenvalue weighted by atomic mass is 9.92. The fourth-order valence-electron chi connectivity index (χ4n) is 3.06. The molecule has 7 heteroatoms. The number of nitrogens with one attached hydrogen (secondary N) is 1. The molecule has 2 heterocycles. The van der Waals surface area contributed by atoms with E-state index in [2.05, 4.69) is 15.6 Å². The minimum atomic E-state index is -0.685. The van der Waals surface area contributed by atoms with E-state index in [0.717, 1.165) is 17.0 Å². The lowest BCUT2D eigenvalue weighted by Crippen LogP contribution is -2.28. The second-order valence-corrected chi connectivity index (χ2v) is 8.17. The van der Waals surface area contributed by atoms with Crippen LogP contribution >= 0.6 is 0 Å². The van der Waals surface area contributed by atoms with E-state index in [9.17, 15) is 4.79 Å². The van der Waals surface area contributed by atoms with Gasteiger partial charge in [0.2, 0.25) is 11.8 Å². The molecule has 7 nitrogen and oxygen atoms in total. The molecule has 1 N–H and O–H groups in total. The molecular weight excluding hydrogens is 358 g/mol. The number of ether oxygens (including phenoxy) is 1. The van der Waals surface area contributed by atoms with Gasteiger partial charge in [-0.25, -0.2) is 0 Å². The van der Waals surface area contributed by atoms with Crippen molar-refractivity contribution in [3.05, 3.63) is 47.8 Å². The average molecular weight is 381 g/mol. The van der Waals surface area contributed by atoms with Gasteiger partial charge in [0.15, 0.2) is 5.76 Å². The highest BCUT2D eigenvalue weighted by Gasteiger charge is 2.54. The third-order valence-corrected chi connectivity index (χ3v) is 5.05. The van der Waals surface area contributed by atoms with Crippen LogP contribution in [0.2, 0.25) is 0 Å². The molecule has 0 saturated heterocycles. The summed E-state index contributed by atoms with van der Waals surface area (Å²) < 4.78 is 16.0. The molecule has 146 valence electrons. The van der Waals surface area contributed by atoms with Crippen molar-refractivity contribution in [2.75, 3.05) is 12.4 Å². The first-order valence-electron chi connectivity index (χ1n) is 9.22. The molecule has 2 aromatic heterocycles. The Morgan fingerprint density at radius 3 is 2.57 bits per heavy atom. The van der Waals surface area contributed by atoms with Crippen molar-refractivity contribution in [3.8, 4) is 17.1 Å². The Balaban J connectivity index is 1.53. The summed E-state index contributed by atoms with van der Waals surface area (Å²) in [6.45, 7) is 6.11. The largest absolute Gasteiger partial charge is 0.497 e. The second kappa shape index (κ2) is 6.51. The van der Waals surface area contributed by atoms with Gasteiger partial charge in [-0.2, -0.15) is 0 Å². The number of aromatic nitrogens is 2. The van der Waals surface area contributed by atoms with Crippen molar-refractivity contribution < 1.29 is 18.6 Å². The van der Waals surface area contributed by atoms with E-state index >= 15 is 0 Å². The maximum absolute atomic E-state index is 12.9. The van der Waals surface area contributed by atoms with Gasteiger partial charge in [-0.15, -0.1) is 0 Å². The number of carbonyl (C=O) groups is 1. The molecule has 4 rings (SSSR count). The van der Waals surface area contributed by atoms with Crippen LogP contribution in [0.15, 0.2) is 45.4 Å². The summed E-state index contributed by atoms with van der Waals surface area (Å²) in [4.78, 5) is 12.9. The van der Waals surface area contributed by atoms with E-state index in [1.807, 2.05) is 51.1 Å². The lowest BCUT2D eigenvalue weighted by molar-refractivity contribution is -0.118. The topological polar surface area (TPSA) is 90.4 Å². The molecule has 1 amide bonds. The molecule has 0 bridgehead atoms. The lowest BCUT2D eigenvalue weighted by Gasteiger charge is -2.12. The summed E-state index contributed by atoms with van der Waals surface area (Å²) in [5, 5.41) is 11.0. The molecule has 0 aliphatic heterocycles. The summed E-state index contributed by atoms with van der Waals surface area (Å²) >= 11 is 0. The summed E-state index contributed by atoms with van der Waals surface area (Å²) in [5.74, 6) is 1.52. The average Bonchev–Trinajstić information content (AvgIpc) is 3.10. The Kier molecular flexibility index (Phi) is 4.25. The van der Waals surface area contributed by atoms with Crippen LogP contribution in [0, 0.1) is 0 Å². The maximum Gasteiger partial charge on any atom is 0.239 e. The van der Waals surface area contributed by atoms with Crippen molar-refractivity contribution in [2.24, 2.45) is 0 Å². The molecule has 28 heavy (non-hydrogen) atoms. The number of rotatable bonds is 5. The first kappa shape index (κ1) is 18.3. The predicted molar refractivity (Wildman–Crippen MR) is 103 cm³/mol. The molecule has 0 radical (unpaired) electrons. The number of benzene rings is 1.